The van der Waals surface area contributed by atoms with Crippen LogP contribution in [0, 0.1) is 5.92 Å². The monoisotopic (exact) mass is 173 g/mol. The lowest BCUT2D eigenvalue weighted by Gasteiger charge is -2.11. The van der Waals surface area contributed by atoms with E-state index < -0.39 is 0 Å². The maximum atomic E-state index is 5.60. The fraction of sp³-hybridized carbons (Fsp3) is 0.250. The van der Waals surface area contributed by atoms with Gasteiger partial charge in [-0.3, -0.25) is 0 Å². The molecule has 0 bridgehead atoms. The third kappa shape index (κ3) is 2.32. The molecule has 0 aliphatic carbocycles. The van der Waals surface area contributed by atoms with Crippen molar-refractivity contribution >= 4 is 5.57 Å². The highest BCUT2D eigenvalue weighted by atomic mass is 14.5. The van der Waals surface area contributed by atoms with Gasteiger partial charge in [-0.25, -0.2) is 0 Å². The number of hydrogen-bond acceptors (Lipinski definition) is 1. The summed E-state index contributed by atoms with van der Waals surface area (Å²) < 4.78 is 0. The lowest BCUT2D eigenvalue weighted by Crippen LogP contribution is -2.11. The Morgan fingerprint density at radius 3 is 2.54 bits per heavy atom. The summed E-state index contributed by atoms with van der Waals surface area (Å²) in [7, 11) is 0. The largest absolute Gasteiger partial charge is 0.330 e. The first-order valence-electron chi connectivity index (χ1n) is 4.45. The topological polar surface area (TPSA) is 26.0 Å². The van der Waals surface area contributed by atoms with Gasteiger partial charge in [-0.05, 0) is 12.1 Å². The van der Waals surface area contributed by atoms with Crippen LogP contribution in [0.1, 0.15) is 12.5 Å². The predicted octanol–water partition coefficient (Wildman–Crippen LogP) is 2.45. The van der Waals surface area contributed by atoms with E-state index in [2.05, 4.69) is 31.4 Å². The van der Waals surface area contributed by atoms with E-state index in [0.29, 0.717) is 12.5 Å². The fourth-order valence-electron chi connectivity index (χ4n) is 1.30. The van der Waals surface area contributed by atoms with E-state index in [4.69, 9.17) is 5.73 Å². The van der Waals surface area contributed by atoms with Crippen molar-refractivity contribution in [2.75, 3.05) is 6.54 Å². The molecule has 13 heavy (non-hydrogen) atoms. The summed E-state index contributed by atoms with van der Waals surface area (Å²) in [4.78, 5) is 0. The van der Waals surface area contributed by atoms with Gasteiger partial charge < -0.3 is 5.73 Å². The van der Waals surface area contributed by atoms with Gasteiger partial charge >= 0.3 is 0 Å². The van der Waals surface area contributed by atoms with Crippen LogP contribution >= 0.6 is 0 Å². The van der Waals surface area contributed by atoms with Gasteiger partial charge in [-0.15, -0.1) is 5.73 Å². The van der Waals surface area contributed by atoms with Crippen LogP contribution in [-0.2, 0) is 0 Å². The highest BCUT2D eigenvalue weighted by molar-refractivity contribution is 5.66. The van der Waals surface area contributed by atoms with Gasteiger partial charge in [0.25, 0.3) is 0 Å². The standard InChI is InChI=1S/C12H15N/c1-3-12(10(2)9-13)11-7-5-4-6-8-11/h4-8,10H,1,9,13H2,2H3. The molecule has 0 aliphatic rings. The molecule has 1 nitrogen and oxygen atoms in total. The molecule has 1 atom stereocenters. The zero-order chi connectivity index (χ0) is 9.68. The normalized spacial score (nSPS) is 11.8. The molecule has 0 heterocycles. The maximum Gasteiger partial charge on any atom is 0.00466 e. The summed E-state index contributed by atoms with van der Waals surface area (Å²) in [5.74, 6) is 0.319. The average Bonchev–Trinajstić information content (AvgIpc) is 2.20. The zero-order valence-corrected chi connectivity index (χ0v) is 7.96. The minimum absolute atomic E-state index is 0.319. The summed E-state index contributed by atoms with van der Waals surface area (Å²) in [5.41, 5.74) is 10.8. The summed E-state index contributed by atoms with van der Waals surface area (Å²) in [6.45, 7) is 6.40. The van der Waals surface area contributed by atoms with Crippen molar-refractivity contribution in [3.05, 3.63) is 48.2 Å². The van der Waals surface area contributed by atoms with Crippen molar-refractivity contribution in [2.24, 2.45) is 11.7 Å². The molecule has 68 valence electrons. The maximum absolute atomic E-state index is 5.60. The van der Waals surface area contributed by atoms with Gasteiger partial charge in [0.1, 0.15) is 0 Å². The van der Waals surface area contributed by atoms with Gasteiger partial charge in [0, 0.05) is 11.5 Å². The van der Waals surface area contributed by atoms with Crippen LogP contribution in [0.4, 0.5) is 0 Å². The van der Waals surface area contributed by atoms with Crippen molar-refractivity contribution in [3.63, 3.8) is 0 Å². The van der Waals surface area contributed by atoms with E-state index in [-0.39, 0.29) is 0 Å². The molecule has 0 saturated heterocycles. The zero-order valence-electron chi connectivity index (χ0n) is 7.96. The Balaban J connectivity index is 3.00. The third-order valence-electron chi connectivity index (χ3n) is 2.12. The molecule has 1 rings (SSSR count). The molecule has 0 saturated carbocycles. The SMILES string of the molecule is C=C=C(c1ccccc1)C(C)CN. The van der Waals surface area contributed by atoms with E-state index in [1.165, 1.54) is 0 Å². The lowest BCUT2D eigenvalue weighted by molar-refractivity contribution is 0.761. The highest BCUT2D eigenvalue weighted by Gasteiger charge is 2.07. The van der Waals surface area contributed by atoms with Crippen LogP contribution in [-0.4, -0.2) is 6.54 Å². The first-order chi connectivity index (χ1) is 6.29. The number of hydrogen-bond donors (Lipinski definition) is 1. The van der Waals surface area contributed by atoms with Gasteiger partial charge in [-0.1, -0.05) is 43.8 Å². The second-order valence-electron chi connectivity index (χ2n) is 3.09. The third-order valence-corrected chi connectivity index (χ3v) is 2.12. The van der Waals surface area contributed by atoms with E-state index in [9.17, 15) is 0 Å². The van der Waals surface area contributed by atoms with Crippen molar-refractivity contribution in [1.82, 2.24) is 0 Å². The first kappa shape index (κ1) is 9.79. The average molecular weight is 173 g/mol. The number of nitrogens with two attached hydrogens (primary N) is 1. The second-order valence-corrected chi connectivity index (χ2v) is 3.09. The van der Waals surface area contributed by atoms with E-state index in [1.807, 2.05) is 18.2 Å². The molecule has 0 aliphatic heterocycles. The molecular formula is C12H15N. The quantitative estimate of drug-likeness (QED) is 0.698. The lowest BCUT2D eigenvalue weighted by atomic mass is 9.95. The molecule has 2 N–H and O–H groups in total. The van der Waals surface area contributed by atoms with Crippen LogP contribution in [0.15, 0.2) is 42.6 Å². The van der Waals surface area contributed by atoms with Crippen LogP contribution in [0.3, 0.4) is 0 Å². The second kappa shape index (κ2) is 4.66. The molecule has 1 aromatic carbocycles. The first-order valence-corrected chi connectivity index (χ1v) is 4.45. The molecular weight excluding hydrogens is 158 g/mol. The van der Waals surface area contributed by atoms with Gasteiger partial charge in [0.2, 0.25) is 0 Å². The molecule has 0 aromatic heterocycles. The summed E-state index contributed by atoms with van der Waals surface area (Å²) in [6, 6.07) is 10.1. The summed E-state index contributed by atoms with van der Waals surface area (Å²) in [6.07, 6.45) is 0. The Morgan fingerprint density at radius 2 is 2.08 bits per heavy atom. The van der Waals surface area contributed by atoms with Crippen molar-refractivity contribution in [1.29, 1.82) is 0 Å². The summed E-state index contributed by atoms with van der Waals surface area (Å²) >= 11 is 0. The minimum Gasteiger partial charge on any atom is -0.330 e. The molecule has 0 radical (unpaired) electrons. The Hall–Kier alpha value is -1.30. The Kier molecular flexibility index (Phi) is 3.51. The number of rotatable bonds is 3. The van der Waals surface area contributed by atoms with Crippen molar-refractivity contribution in [3.8, 4) is 0 Å². The molecule has 0 spiro atoms. The van der Waals surface area contributed by atoms with Crippen LogP contribution in [0.25, 0.3) is 5.57 Å². The Labute approximate surface area is 79.6 Å². The molecule has 0 fully saturated rings. The van der Waals surface area contributed by atoms with Gasteiger partial charge in [0.05, 0.1) is 0 Å². The molecule has 0 amide bonds. The molecule has 1 heteroatoms. The van der Waals surface area contributed by atoms with E-state index in [0.717, 1.165) is 11.1 Å². The highest BCUT2D eigenvalue weighted by Crippen LogP contribution is 2.20. The fourth-order valence-corrected chi connectivity index (χ4v) is 1.30. The van der Waals surface area contributed by atoms with Crippen molar-refractivity contribution < 1.29 is 0 Å². The van der Waals surface area contributed by atoms with Gasteiger partial charge in [0.15, 0.2) is 0 Å². The predicted molar refractivity (Wildman–Crippen MR) is 57.2 cm³/mol. The molecule has 1 aromatic rings. The smallest absolute Gasteiger partial charge is 0.00466 e. The molecule has 1 unspecified atom stereocenters. The van der Waals surface area contributed by atoms with Crippen LogP contribution in [0.5, 0.6) is 0 Å². The summed E-state index contributed by atoms with van der Waals surface area (Å²) in [5, 5.41) is 0. The number of benzene rings is 1. The minimum atomic E-state index is 0.319. The van der Waals surface area contributed by atoms with E-state index in [1.54, 1.807) is 0 Å². The van der Waals surface area contributed by atoms with Crippen LogP contribution < -0.4 is 5.73 Å². The van der Waals surface area contributed by atoms with Crippen molar-refractivity contribution in [2.45, 2.75) is 6.92 Å². The van der Waals surface area contributed by atoms with Gasteiger partial charge in [-0.2, -0.15) is 0 Å². The Morgan fingerprint density at radius 1 is 1.46 bits per heavy atom. The Bertz CT molecular complexity index is 307. The van der Waals surface area contributed by atoms with E-state index >= 15 is 0 Å². The van der Waals surface area contributed by atoms with Crippen LogP contribution in [0.2, 0.25) is 0 Å².